The number of hydrogen-bond donors (Lipinski definition) is 2. The quantitative estimate of drug-likeness (QED) is 0.697. The zero-order valence-electron chi connectivity index (χ0n) is 9.91. The number of H-pyrrole nitrogens is 1. The van der Waals surface area contributed by atoms with Gasteiger partial charge in [0.05, 0.1) is 9.99 Å². The minimum atomic E-state index is 0.200. The number of nitrogens with zero attached hydrogens (tertiary/aromatic N) is 3. The van der Waals surface area contributed by atoms with Crippen molar-refractivity contribution >= 4 is 49.9 Å². The number of nitrogens with one attached hydrogen (secondary N) is 2. The van der Waals surface area contributed by atoms with E-state index in [1.807, 2.05) is 25.1 Å². The Morgan fingerprint density at radius 3 is 3.05 bits per heavy atom. The molecule has 0 amide bonds. The zero-order valence-corrected chi connectivity index (χ0v) is 12.2. The highest BCUT2D eigenvalue weighted by Gasteiger charge is 2.06. The number of aromatic amines is 1. The average molecular weight is 339 g/mol. The van der Waals surface area contributed by atoms with Crippen LogP contribution in [0.4, 0.5) is 11.5 Å². The van der Waals surface area contributed by atoms with Crippen LogP contribution < -0.4 is 5.32 Å². The van der Waals surface area contributed by atoms with Gasteiger partial charge in [0.1, 0.15) is 5.82 Å². The molecule has 0 fully saturated rings. The van der Waals surface area contributed by atoms with E-state index in [1.54, 1.807) is 6.20 Å². The van der Waals surface area contributed by atoms with Crippen LogP contribution in [-0.4, -0.2) is 20.2 Å². The van der Waals surface area contributed by atoms with Crippen molar-refractivity contribution in [2.24, 2.45) is 0 Å². The van der Waals surface area contributed by atoms with Crippen LogP contribution >= 0.6 is 27.5 Å². The van der Waals surface area contributed by atoms with Gasteiger partial charge in [-0.25, -0.2) is 4.98 Å². The molecule has 0 aliphatic rings. The molecule has 0 bridgehead atoms. The van der Waals surface area contributed by atoms with Gasteiger partial charge >= 0.3 is 0 Å². The van der Waals surface area contributed by atoms with Gasteiger partial charge < -0.3 is 5.32 Å². The summed E-state index contributed by atoms with van der Waals surface area (Å²) in [5.41, 5.74) is 2.87. The standard InChI is InChI=1S/C12H9BrClN5/c1-6-8-4-7(2-3-10(8)19-18-6)16-11-9(13)5-15-12(14)17-11/h2-5H,1H3,(H,18,19)(H,15,16,17). The fraction of sp³-hybridized carbons (Fsp3) is 0.0833. The third-order valence-corrected chi connectivity index (χ3v) is 3.48. The maximum atomic E-state index is 5.79. The van der Waals surface area contributed by atoms with Gasteiger partial charge in [0.2, 0.25) is 5.28 Å². The number of halogens is 2. The normalized spacial score (nSPS) is 10.9. The Balaban J connectivity index is 2.00. The Hall–Kier alpha value is -1.66. The molecule has 0 radical (unpaired) electrons. The van der Waals surface area contributed by atoms with Crippen molar-refractivity contribution in [3.63, 3.8) is 0 Å². The summed E-state index contributed by atoms with van der Waals surface area (Å²) in [5.74, 6) is 0.625. The highest BCUT2D eigenvalue weighted by Crippen LogP contribution is 2.26. The van der Waals surface area contributed by atoms with Crippen molar-refractivity contribution < 1.29 is 0 Å². The number of hydrogen-bond acceptors (Lipinski definition) is 4. The Kier molecular flexibility index (Phi) is 3.12. The maximum Gasteiger partial charge on any atom is 0.224 e. The predicted octanol–water partition coefficient (Wildman–Crippen LogP) is 3.82. The van der Waals surface area contributed by atoms with Gasteiger partial charge in [-0.1, -0.05) is 0 Å². The molecule has 96 valence electrons. The number of anilines is 2. The lowest BCUT2D eigenvalue weighted by Gasteiger charge is -2.07. The van der Waals surface area contributed by atoms with E-state index in [-0.39, 0.29) is 5.28 Å². The van der Waals surface area contributed by atoms with Crippen LogP contribution in [0.2, 0.25) is 5.28 Å². The van der Waals surface area contributed by atoms with Crippen molar-refractivity contribution in [2.75, 3.05) is 5.32 Å². The first-order valence-electron chi connectivity index (χ1n) is 5.53. The van der Waals surface area contributed by atoms with Gasteiger partial charge in [0, 0.05) is 23.0 Å². The maximum absolute atomic E-state index is 5.79. The first kappa shape index (κ1) is 12.4. The van der Waals surface area contributed by atoms with E-state index in [4.69, 9.17) is 11.6 Å². The molecule has 19 heavy (non-hydrogen) atoms. The van der Waals surface area contributed by atoms with E-state index >= 15 is 0 Å². The summed E-state index contributed by atoms with van der Waals surface area (Å²) >= 11 is 9.17. The third kappa shape index (κ3) is 2.41. The molecular weight excluding hydrogens is 330 g/mol. The monoisotopic (exact) mass is 337 g/mol. The van der Waals surface area contributed by atoms with Crippen LogP contribution in [0, 0.1) is 6.92 Å². The molecule has 0 aliphatic heterocycles. The Labute approximate surface area is 122 Å². The summed E-state index contributed by atoms with van der Waals surface area (Å²) in [4.78, 5) is 8.02. The van der Waals surface area contributed by atoms with E-state index in [1.165, 1.54) is 0 Å². The summed E-state index contributed by atoms with van der Waals surface area (Å²) in [5, 5.41) is 11.6. The summed E-state index contributed by atoms with van der Waals surface area (Å²) in [6.45, 7) is 1.98. The molecule has 0 aliphatic carbocycles. The second-order valence-corrected chi connectivity index (χ2v) is 5.23. The minimum Gasteiger partial charge on any atom is -0.339 e. The lowest BCUT2D eigenvalue weighted by Crippen LogP contribution is -1.96. The van der Waals surface area contributed by atoms with Gasteiger partial charge in [-0.05, 0) is 52.7 Å². The van der Waals surface area contributed by atoms with Crippen molar-refractivity contribution in [3.8, 4) is 0 Å². The lowest BCUT2D eigenvalue weighted by molar-refractivity contribution is 1.07. The number of fused-ring (bicyclic) bond motifs is 1. The van der Waals surface area contributed by atoms with Crippen LogP contribution in [-0.2, 0) is 0 Å². The summed E-state index contributed by atoms with van der Waals surface area (Å²) < 4.78 is 0.751. The molecule has 0 spiro atoms. The molecule has 3 rings (SSSR count). The van der Waals surface area contributed by atoms with E-state index in [2.05, 4.69) is 41.4 Å². The molecule has 5 nitrogen and oxygen atoms in total. The first-order chi connectivity index (χ1) is 9.13. The van der Waals surface area contributed by atoms with Gasteiger partial charge in [0.15, 0.2) is 0 Å². The molecule has 0 unspecified atom stereocenters. The van der Waals surface area contributed by atoms with Crippen LogP contribution in [0.25, 0.3) is 10.9 Å². The lowest BCUT2D eigenvalue weighted by atomic mass is 10.2. The number of benzene rings is 1. The zero-order chi connectivity index (χ0) is 13.4. The molecule has 0 saturated heterocycles. The van der Waals surface area contributed by atoms with Crippen molar-refractivity contribution in [1.82, 2.24) is 20.2 Å². The van der Waals surface area contributed by atoms with E-state index < -0.39 is 0 Å². The molecule has 7 heteroatoms. The molecule has 1 aromatic carbocycles. The fourth-order valence-electron chi connectivity index (χ4n) is 1.79. The molecule has 0 saturated carbocycles. The summed E-state index contributed by atoms with van der Waals surface area (Å²) in [7, 11) is 0. The topological polar surface area (TPSA) is 66.5 Å². The second kappa shape index (κ2) is 4.79. The Morgan fingerprint density at radius 1 is 1.37 bits per heavy atom. The van der Waals surface area contributed by atoms with Gasteiger partial charge in [-0.3, -0.25) is 5.10 Å². The molecule has 0 atom stereocenters. The number of rotatable bonds is 2. The first-order valence-corrected chi connectivity index (χ1v) is 6.70. The van der Waals surface area contributed by atoms with Crippen molar-refractivity contribution in [2.45, 2.75) is 6.92 Å². The van der Waals surface area contributed by atoms with Crippen LogP contribution in [0.15, 0.2) is 28.9 Å². The van der Waals surface area contributed by atoms with Crippen molar-refractivity contribution in [3.05, 3.63) is 39.8 Å². The van der Waals surface area contributed by atoms with Gasteiger partial charge in [0.25, 0.3) is 0 Å². The Morgan fingerprint density at radius 2 is 2.21 bits per heavy atom. The predicted molar refractivity (Wildman–Crippen MR) is 78.9 cm³/mol. The molecule has 2 aromatic heterocycles. The van der Waals surface area contributed by atoms with Gasteiger partial charge in [-0.2, -0.15) is 10.1 Å². The van der Waals surface area contributed by atoms with Crippen LogP contribution in [0.5, 0.6) is 0 Å². The fourth-order valence-corrected chi connectivity index (χ4v) is 2.21. The second-order valence-electron chi connectivity index (χ2n) is 4.04. The summed E-state index contributed by atoms with van der Waals surface area (Å²) in [6, 6.07) is 5.89. The molecule has 2 heterocycles. The van der Waals surface area contributed by atoms with Crippen molar-refractivity contribution in [1.29, 1.82) is 0 Å². The highest BCUT2D eigenvalue weighted by molar-refractivity contribution is 9.10. The highest BCUT2D eigenvalue weighted by atomic mass is 79.9. The molecular formula is C12H9BrClN5. The largest absolute Gasteiger partial charge is 0.339 e. The Bertz CT molecular complexity index is 755. The minimum absolute atomic E-state index is 0.200. The van der Waals surface area contributed by atoms with Gasteiger partial charge in [-0.15, -0.1) is 0 Å². The van der Waals surface area contributed by atoms with E-state index in [9.17, 15) is 0 Å². The number of aromatic nitrogens is 4. The molecule has 2 N–H and O–H groups in total. The van der Waals surface area contributed by atoms with E-state index in [0.717, 1.165) is 26.8 Å². The van der Waals surface area contributed by atoms with Crippen LogP contribution in [0.3, 0.4) is 0 Å². The smallest absolute Gasteiger partial charge is 0.224 e. The SMILES string of the molecule is Cc1[nH]nc2ccc(Nc3nc(Cl)ncc3Br)cc12. The average Bonchev–Trinajstić information content (AvgIpc) is 2.76. The van der Waals surface area contributed by atoms with Crippen LogP contribution in [0.1, 0.15) is 5.69 Å². The number of aryl methyl sites for hydroxylation is 1. The molecule has 3 aromatic rings. The summed E-state index contributed by atoms with van der Waals surface area (Å²) in [6.07, 6.45) is 1.61. The van der Waals surface area contributed by atoms with E-state index in [0.29, 0.717) is 5.82 Å². The third-order valence-electron chi connectivity index (χ3n) is 2.72.